The molecule has 1 unspecified atom stereocenters. The quantitative estimate of drug-likeness (QED) is 0.827. The fourth-order valence-corrected chi connectivity index (χ4v) is 3.67. The Bertz CT molecular complexity index is 359. The molecule has 1 aliphatic heterocycles. The van der Waals surface area contributed by atoms with Crippen LogP contribution in [0.1, 0.15) is 57.8 Å². The van der Waals surface area contributed by atoms with Crippen LogP contribution in [0.25, 0.3) is 0 Å². The van der Waals surface area contributed by atoms with Gasteiger partial charge in [-0.3, -0.25) is 9.59 Å². The monoisotopic (exact) mass is 264 g/mol. The summed E-state index contributed by atoms with van der Waals surface area (Å²) in [5, 5.41) is 3.00. The molecule has 3 rings (SSSR count). The van der Waals surface area contributed by atoms with E-state index in [4.69, 9.17) is 0 Å². The van der Waals surface area contributed by atoms with Crippen molar-refractivity contribution in [2.24, 2.45) is 5.92 Å². The third-order valence-electron chi connectivity index (χ3n) is 5.08. The van der Waals surface area contributed by atoms with Gasteiger partial charge in [-0.15, -0.1) is 0 Å². The normalized spacial score (nSPS) is 30.7. The number of hydrogen-bond acceptors (Lipinski definition) is 2. The number of amides is 2. The van der Waals surface area contributed by atoms with E-state index < -0.39 is 0 Å². The summed E-state index contributed by atoms with van der Waals surface area (Å²) in [6, 6.07) is 0.169. The Morgan fingerprint density at radius 3 is 2.32 bits per heavy atom. The van der Waals surface area contributed by atoms with Crippen LogP contribution >= 0.6 is 0 Å². The molecule has 19 heavy (non-hydrogen) atoms. The smallest absolute Gasteiger partial charge is 0.245 e. The minimum absolute atomic E-state index is 0.0609. The van der Waals surface area contributed by atoms with Gasteiger partial charge in [-0.1, -0.05) is 19.3 Å². The van der Waals surface area contributed by atoms with Crippen LogP contribution in [0, 0.1) is 5.92 Å². The van der Waals surface area contributed by atoms with E-state index in [1.807, 2.05) is 4.90 Å². The van der Waals surface area contributed by atoms with E-state index in [0.717, 1.165) is 25.7 Å². The maximum Gasteiger partial charge on any atom is 0.245 e. The van der Waals surface area contributed by atoms with Crippen LogP contribution in [0.5, 0.6) is 0 Å². The van der Waals surface area contributed by atoms with Crippen LogP contribution < -0.4 is 5.32 Å². The van der Waals surface area contributed by atoms with Crippen LogP contribution in [-0.2, 0) is 9.59 Å². The van der Waals surface area contributed by atoms with E-state index in [-0.39, 0.29) is 17.9 Å². The molecule has 0 spiro atoms. The molecule has 0 aromatic heterocycles. The molecule has 2 saturated carbocycles. The fraction of sp³-hybridized carbons (Fsp3) is 0.867. The van der Waals surface area contributed by atoms with Gasteiger partial charge in [-0.25, -0.2) is 0 Å². The van der Waals surface area contributed by atoms with Gasteiger partial charge in [-0.2, -0.15) is 0 Å². The predicted molar refractivity (Wildman–Crippen MR) is 72.5 cm³/mol. The molecule has 1 heterocycles. The van der Waals surface area contributed by atoms with Gasteiger partial charge in [-0.05, 0) is 38.0 Å². The molecule has 0 aromatic rings. The summed E-state index contributed by atoms with van der Waals surface area (Å²) in [5.41, 5.74) is 0. The van der Waals surface area contributed by atoms with E-state index in [0.29, 0.717) is 24.9 Å². The van der Waals surface area contributed by atoms with Crippen LogP contribution in [0.15, 0.2) is 0 Å². The first-order valence-corrected chi connectivity index (χ1v) is 7.85. The van der Waals surface area contributed by atoms with Gasteiger partial charge in [0.2, 0.25) is 11.8 Å². The van der Waals surface area contributed by atoms with E-state index in [9.17, 15) is 9.59 Å². The van der Waals surface area contributed by atoms with Gasteiger partial charge >= 0.3 is 0 Å². The van der Waals surface area contributed by atoms with Crippen LogP contribution in [0.2, 0.25) is 0 Å². The van der Waals surface area contributed by atoms with Crippen molar-refractivity contribution in [2.45, 2.75) is 69.9 Å². The van der Waals surface area contributed by atoms with Crippen molar-refractivity contribution in [3.05, 3.63) is 0 Å². The summed E-state index contributed by atoms with van der Waals surface area (Å²) >= 11 is 0. The lowest BCUT2D eigenvalue weighted by Crippen LogP contribution is -2.53. The molecule has 0 radical (unpaired) electrons. The number of carbonyl (C=O) groups is 2. The van der Waals surface area contributed by atoms with Crippen molar-refractivity contribution in [2.75, 3.05) is 6.54 Å². The fourth-order valence-electron chi connectivity index (χ4n) is 3.67. The number of rotatable bonds is 2. The Morgan fingerprint density at radius 2 is 1.68 bits per heavy atom. The molecule has 3 fully saturated rings. The first-order chi connectivity index (χ1) is 9.25. The summed E-state index contributed by atoms with van der Waals surface area (Å²) in [7, 11) is 0. The van der Waals surface area contributed by atoms with Crippen molar-refractivity contribution < 1.29 is 9.59 Å². The molecular weight excluding hydrogens is 240 g/mol. The van der Waals surface area contributed by atoms with Crippen molar-refractivity contribution >= 4 is 11.8 Å². The molecule has 2 amide bonds. The van der Waals surface area contributed by atoms with E-state index in [1.54, 1.807) is 0 Å². The first kappa shape index (κ1) is 12.9. The Labute approximate surface area is 114 Å². The average Bonchev–Trinajstić information content (AvgIpc) is 2.51. The van der Waals surface area contributed by atoms with E-state index in [2.05, 4.69) is 5.32 Å². The van der Waals surface area contributed by atoms with Crippen LogP contribution in [-0.4, -0.2) is 35.3 Å². The Hall–Kier alpha value is -1.06. The maximum absolute atomic E-state index is 12.7. The van der Waals surface area contributed by atoms with Gasteiger partial charge in [0.05, 0.1) is 0 Å². The molecule has 0 aromatic carbocycles. The summed E-state index contributed by atoms with van der Waals surface area (Å²) in [4.78, 5) is 26.6. The van der Waals surface area contributed by atoms with Crippen LogP contribution in [0.3, 0.4) is 0 Å². The lowest BCUT2D eigenvalue weighted by Gasteiger charge is -2.39. The average molecular weight is 264 g/mol. The van der Waals surface area contributed by atoms with Gasteiger partial charge < -0.3 is 10.2 Å². The predicted octanol–water partition coefficient (Wildman–Crippen LogP) is 1.84. The number of carbonyl (C=O) groups excluding carboxylic acids is 2. The minimum atomic E-state index is -0.240. The lowest BCUT2D eigenvalue weighted by atomic mass is 9.82. The molecular formula is C15H24N2O2. The van der Waals surface area contributed by atoms with Gasteiger partial charge in [0.1, 0.15) is 6.04 Å². The standard InChI is InChI=1S/C15H24N2O2/c18-13-9-10-17(12-7-4-8-12)15(19)14(16-13)11-5-2-1-3-6-11/h11-12,14H,1-10H2,(H,16,18). The minimum Gasteiger partial charge on any atom is -0.344 e. The zero-order valence-corrected chi connectivity index (χ0v) is 11.6. The van der Waals surface area contributed by atoms with Crippen molar-refractivity contribution in [1.29, 1.82) is 0 Å². The Kier molecular flexibility index (Phi) is 3.76. The maximum atomic E-state index is 12.7. The summed E-state index contributed by atoms with van der Waals surface area (Å²) < 4.78 is 0. The SMILES string of the molecule is O=C1CCN(C2CCC2)C(=O)C(C2CCCCC2)N1. The van der Waals surface area contributed by atoms with Crippen molar-refractivity contribution in [1.82, 2.24) is 10.2 Å². The van der Waals surface area contributed by atoms with Gasteiger partial charge in [0.15, 0.2) is 0 Å². The second-order valence-corrected chi connectivity index (χ2v) is 6.31. The zero-order valence-electron chi connectivity index (χ0n) is 11.6. The molecule has 4 heteroatoms. The van der Waals surface area contributed by atoms with Gasteiger partial charge in [0, 0.05) is 19.0 Å². The Morgan fingerprint density at radius 1 is 0.947 bits per heavy atom. The van der Waals surface area contributed by atoms with Crippen molar-refractivity contribution in [3.63, 3.8) is 0 Å². The molecule has 106 valence electrons. The molecule has 1 N–H and O–H groups in total. The summed E-state index contributed by atoms with van der Waals surface area (Å²) in [5.74, 6) is 0.624. The highest BCUT2D eigenvalue weighted by Crippen LogP contribution is 2.31. The number of hydrogen-bond donors (Lipinski definition) is 1. The highest BCUT2D eigenvalue weighted by Gasteiger charge is 2.39. The highest BCUT2D eigenvalue weighted by molar-refractivity contribution is 5.90. The zero-order chi connectivity index (χ0) is 13.2. The molecule has 2 aliphatic carbocycles. The van der Waals surface area contributed by atoms with Crippen LogP contribution in [0.4, 0.5) is 0 Å². The van der Waals surface area contributed by atoms with E-state index in [1.165, 1.54) is 25.7 Å². The Balaban J connectivity index is 1.74. The molecule has 1 saturated heterocycles. The molecule has 4 nitrogen and oxygen atoms in total. The summed E-state index contributed by atoms with van der Waals surface area (Å²) in [6.07, 6.45) is 9.81. The third-order valence-corrected chi connectivity index (χ3v) is 5.08. The number of nitrogens with zero attached hydrogens (tertiary/aromatic N) is 1. The second kappa shape index (κ2) is 5.51. The lowest BCUT2D eigenvalue weighted by molar-refractivity contribution is -0.139. The third kappa shape index (κ3) is 2.63. The largest absolute Gasteiger partial charge is 0.344 e. The van der Waals surface area contributed by atoms with E-state index >= 15 is 0 Å². The number of nitrogens with one attached hydrogen (secondary N) is 1. The summed E-state index contributed by atoms with van der Waals surface area (Å²) in [6.45, 7) is 0.624. The topological polar surface area (TPSA) is 49.4 Å². The molecule has 0 bridgehead atoms. The highest BCUT2D eigenvalue weighted by atomic mass is 16.2. The van der Waals surface area contributed by atoms with Crippen molar-refractivity contribution in [3.8, 4) is 0 Å². The first-order valence-electron chi connectivity index (χ1n) is 7.85. The van der Waals surface area contributed by atoms with Gasteiger partial charge in [0.25, 0.3) is 0 Å². The second-order valence-electron chi connectivity index (χ2n) is 6.31. The molecule has 3 aliphatic rings. The molecule has 1 atom stereocenters.